The van der Waals surface area contributed by atoms with Crippen molar-refractivity contribution in [3.8, 4) is 0 Å². The van der Waals surface area contributed by atoms with Gasteiger partial charge in [-0.3, -0.25) is 4.79 Å². The highest BCUT2D eigenvalue weighted by Gasteiger charge is 2.28. The van der Waals surface area contributed by atoms with Crippen molar-refractivity contribution in [3.63, 3.8) is 0 Å². The fraction of sp³-hybridized carbons (Fsp3) is 0.600. The van der Waals surface area contributed by atoms with Crippen LogP contribution in [0.4, 0.5) is 4.79 Å². The van der Waals surface area contributed by atoms with Gasteiger partial charge < -0.3 is 15.3 Å². The molecule has 0 bridgehead atoms. The maximum absolute atomic E-state index is 12.3. The van der Waals surface area contributed by atoms with Crippen molar-refractivity contribution in [2.45, 2.75) is 39.7 Å². The van der Waals surface area contributed by atoms with Gasteiger partial charge in [-0.1, -0.05) is 0 Å². The maximum atomic E-state index is 12.3. The third-order valence-electron chi connectivity index (χ3n) is 3.94. The van der Waals surface area contributed by atoms with Gasteiger partial charge in [0.2, 0.25) is 0 Å². The van der Waals surface area contributed by atoms with Crippen LogP contribution >= 0.6 is 11.3 Å². The molecule has 1 fully saturated rings. The summed E-state index contributed by atoms with van der Waals surface area (Å²) in [5, 5.41) is 12.1. The minimum Gasteiger partial charge on any atom is -0.481 e. The van der Waals surface area contributed by atoms with Gasteiger partial charge in [0.1, 0.15) is 0 Å². The molecule has 0 spiro atoms. The average molecular weight is 310 g/mol. The summed E-state index contributed by atoms with van der Waals surface area (Å²) in [7, 11) is 0. The van der Waals surface area contributed by atoms with Gasteiger partial charge >= 0.3 is 12.0 Å². The number of hydrogen-bond donors (Lipinski definition) is 2. The van der Waals surface area contributed by atoms with Crippen molar-refractivity contribution in [2.24, 2.45) is 5.92 Å². The molecule has 1 aliphatic heterocycles. The minimum absolute atomic E-state index is 0.0624. The van der Waals surface area contributed by atoms with Crippen LogP contribution in [0.3, 0.4) is 0 Å². The third kappa shape index (κ3) is 3.75. The summed E-state index contributed by atoms with van der Waals surface area (Å²) in [6, 6.07) is 1.87. The summed E-state index contributed by atoms with van der Waals surface area (Å²) in [5.74, 6) is -1.25. The van der Waals surface area contributed by atoms with Crippen molar-refractivity contribution in [1.82, 2.24) is 10.2 Å². The predicted molar refractivity (Wildman–Crippen MR) is 82.7 cm³/mol. The number of nitrogens with one attached hydrogen (secondary N) is 1. The molecule has 116 valence electrons. The fourth-order valence-corrected chi connectivity index (χ4v) is 3.82. The van der Waals surface area contributed by atoms with E-state index < -0.39 is 11.9 Å². The number of aliphatic carboxylic acids is 1. The molecule has 2 N–H and O–H groups in total. The lowest BCUT2D eigenvalue weighted by atomic mass is 9.98. The van der Waals surface area contributed by atoms with E-state index in [1.807, 2.05) is 6.92 Å². The van der Waals surface area contributed by atoms with Crippen LogP contribution in [-0.4, -0.2) is 35.1 Å². The molecule has 21 heavy (non-hydrogen) atoms. The Hall–Kier alpha value is -1.56. The van der Waals surface area contributed by atoms with Gasteiger partial charge in [0, 0.05) is 22.8 Å². The van der Waals surface area contributed by atoms with Gasteiger partial charge in [-0.05, 0) is 45.2 Å². The van der Waals surface area contributed by atoms with Gasteiger partial charge in [0.25, 0.3) is 0 Å². The monoisotopic (exact) mass is 310 g/mol. The number of carbonyl (C=O) groups is 2. The number of carbonyl (C=O) groups excluding carboxylic acids is 1. The molecule has 1 aromatic rings. The number of aryl methyl sites for hydroxylation is 2. The molecule has 1 aliphatic rings. The molecule has 0 aliphatic carbocycles. The number of hydrogen-bond acceptors (Lipinski definition) is 3. The van der Waals surface area contributed by atoms with Gasteiger partial charge in [0.15, 0.2) is 0 Å². The molecule has 0 radical (unpaired) electrons. The van der Waals surface area contributed by atoms with E-state index in [1.54, 1.807) is 16.2 Å². The van der Waals surface area contributed by atoms with Crippen molar-refractivity contribution in [1.29, 1.82) is 0 Å². The van der Waals surface area contributed by atoms with Crippen LogP contribution in [-0.2, 0) is 4.79 Å². The largest absolute Gasteiger partial charge is 0.481 e. The first-order valence-corrected chi connectivity index (χ1v) is 8.05. The number of amides is 2. The Kier molecular flexibility index (Phi) is 4.88. The lowest BCUT2D eigenvalue weighted by Gasteiger charge is -2.31. The van der Waals surface area contributed by atoms with Crippen LogP contribution in [0, 0.1) is 19.8 Å². The number of nitrogens with zero attached hydrogens (tertiary/aromatic N) is 1. The van der Waals surface area contributed by atoms with Crippen LogP contribution in [0.25, 0.3) is 0 Å². The summed E-state index contributed by atoms with van der Waals surface area (Å²) >= 11 is 1.72. The number of carboxylic acids is 1. The summed E-state index contributed by atoms with van der Waals surface area (Å²) < 4.78 is 0. The molecule has 0 aromatic carbocycles. The summed E-state index contributed by atoms with van der Waals surface area (Å²) in [5.41, 5.74) is 1.14. The zero-order chi connectivity index (χ0) is 15.6. The first-order chi connectivity index (χ1) is 9.88. The highest BCUT2D eigenvalue weighted by Crippen LogP contribution is 2.26. The Balaban J connectivity index is 1.97. The Bertz CT molecular complexity index is 541. The van der Waals surface area contributed by atoms with Crippen molar-refractivity contribution in [3.05, 3.63) is 21.4 Å². The van der Waals surface area contributed by atoms with Crippen molar-refractivity contribution in [2.75, 3.05) is 13.1 Å². The zero-order valence-corrected chi connectivity index (χ0v) is 13.5. The lowest BCUT2D eigenvalue weighted by Crippen LogP contribution is -2.47. The van der Waals surface area contributed by atoms with Gasteiger partial charge in [-0.2, -0.15) is 0 Å². The quantitative estimate of drug-likeness (QED) is 0.902. The number of likely N-dealkylation sites (tertiary alicyclic amines) is 1. The Labute approximate surface area is 129 Å². The van der Waals surface area contributed by atoms with Gasteiger partial charge in [-0.25, -0.2) is 4.79 Å². The molecule has 1 aromatic heterocycles. The Morgan fingerprint density at radius 2 is 2.19 bits per heavy atom. The van der Waals surface area contributed by atoms with Crippen LogP contribution in [0.1, 0.15) is 41.1 Å². The highest BCUT2D eigenvalue weighted by molar-refractivity contribution is 7.12. The zero-order valence-electron chi connectivity index (χ0n) is 12.7. The number of urea groups is 1. The van der Waals surface area contributed by atoms with Crippen LogP contribution < -0.4 is 5.32 Å². The van der Waals surface area contributed by atoms with Gasteiger partial charge in [-0.15, -0.1) is 11.3 Å². The molecular weight excluding hydrogens is 288 g/mol. The minimum atomic E-state index is -0.815. The first kappa shape index (κ1) is 15.8. The highest BCUT2D eigenvalue weighted by atomic mass is 32.1. The van der Waals surface area contributed by atoms with Crippen molar-refractivity contribution >= 4 is 23.3 Å². The smallest absolute Gasteiger partial charge is 0.317 e. The molecule has 2 amide bonds. The average Bonchev–Trinajstić information content (AvgIpc) is 2.77. The topological polar surface area (TPSA) is 69.6 Å². The molecule has 6 heteroatoms. The Morgan fingerprint density at radius 1 is 1.48 bits per heavy atom. The van der Waals surface area contributed by atoms with Crippen molar-refractivity contribution < 1.29 is 14.7 Å². The Morgan fingerprint density at radius 3 is 2.76 bits per heavy atom. The lowest BCUT2D eigenvalue weighted by molar-refractivity contribution is -0.143. The molecule has 1 saturated heterocycles. The van der Waals surface area contributed by atoms with E-state index in [-0.39, 0.29) is 12.1 Å². The summed E-state index contributed by atoms with van der Waals surface area (Å²) in [6.45, 7) is 7.00. The molecule has 2 heterocycles. The predicted octanol–water partition coefficient (Wildman–Crippen LogP) is 2.93. The third-order valence-corrected chi connectivity index (χ3v) is 4.93. The number of thiophene rings is 1. The second-order valence-electron chi connectivity index (χ2n) is 5.66. The molecular formula is C15H22N2O3S. The number of rotatable bonds is 3. The second kappa shape index (κ2) is 6.47. The van der Waals surface area contributed by atoms with Crippen LogP contribution in [0.5, 0.6) is 0 Å². The van der Waals surface area contributed by atoms with E-state index in [0.717, 1.165) is 12.0 Å². The van der Waals surface area contributed by atoms with E-state index in [1.165, 1.54) is 9.75 Å². The van der Waals surface area contributed by atoms with E-state index in [2.05, 4.69) is 25.2 Å². The molecule has 2 rings (SSSR count). The number of carboxylic acid groups (broad SMARTS) is 1. The SMILES string of the molecule is Cc1cc(C(C)NC(=O)N2CCC[C@@H](C(=O)O)C2)c(C)s1. The van der Waals surface area contributed by atoms with Crippen LogP contribution in [0.2, 0.25) is 0 Å². The fourth-order valence-electron chi connectivity index (χ4n) is 2.80. The maximum Gasteiger partial charge on any atom is 0.317 e. The summed E-state index contributed by atoms with van der Waals surface area (Å²) in [6.07, 6.45) is 1.40. The normalized spacial score (nSPS) is 20.1. The molecule has 5 nitrogen and oxygen atoms in total. The standard InChI is InChI=1S/C15H22N2O3S/c1-9-7-13(11(3)21-9)10(2)16-15(20)17-6-4-5-12(8-17)14(18)19/h7,10,12H,4-6,8H2,1-3H3,(H,16,20)(H,18,19)/t10?,12-/m1/s1. The molecule has 1 unspecified atom stereocenters. The van der Waals surface area contributed by atoms with Gasteiger partial charge in [0.05, 0.1) is 12.0 Å². The van der Waals surface area contributed by atoms with E-state index in [9.17, 15) is 9.59 Å². The summed E-state index contributed by atoms with van der Waals surface area (Å²) in [4.78, 5) is 27.4. The van der Waals surface area contributed by atoms with E-state index in [4.69, 9.17) is 5.11 Å². The van der Waals surface area contributed by atoms with Crippen LogP contribution in [0.15, 0.2) is 6.07 Å². The number of piperidine rings is 1. The van der Waals surface area contributed by atoms with E-state index >= 15 is 0 Å². The second-order valence-corrected chi connectivity index (χ2v) is 7.12. The molecule has 0 saturated carbocycles. The van der Waals surface area contributed by atoms with E-state index in [0.29, 0.717) is 19.5 Å². The molecule has 2 atom stereocenters. The first-order valence-electron chi connectivity index (χ1n) is 7.23.